The molecule has 1 unspecified atom stereocenters. The molecule has 1 heterocycles. The first kappa shape index (κ1) is 15.4. The van der Waals surface area contributed by atoms with Gasteiger partial charge in [-0.05, 0) is 18.9 Å². The van der Waals surface area contributed by atoms with Crippen molar-refractivity contribution >= 4 is 5.91 Å². The number of nitrogens with two attached hydrogens (primary N) is 1. The van der Waals surface area contributed by atoms with Crippen LogP contribution in [0, 0.1) is 5.92 Å². The second-order valence-corrected chi connectivity index (χ2v) is 5.16. The van der Waals surface area contributed by atoms with Crippen molar-refractivity contribution in [3.8, 4) is 0 Å². The van der Waals surface area contributed by atoms with E-state index in [0.29, 0.717) is 24.9 Å². The van der Waals surface area contributed by atoms with Crippen LogP contribution in [0.4, 0.5) is 0 Å². The van der Waals surface area contributed by atoms with E-state index < -0.39 is 0 Å². The molecule has 0 aromatic carbocycles. The summed E-state index contributed by atoms with van der Waals surface area (Å²) in [7, 11) is 0. The molecular weight excluding hydrogens is 230 g/mol. The third kappa shape index (κ3) is 5.33. The van der Waals surface area contributed by atoms with Gasteiger partial charge >= 0.3 is 0 Å². The van der Waals surface area contributed by atoms with Crippen LogP contribution in [0.3, 0.4) is 0 Å². The van der Waals surface area contributed by atoms with Gasteiger partial charge in [-0.25, -0.2) is 0 Å². The second kappa shape index (κ2) is 8.45. The molecule has 5 nitrogen and oxygen atoms in total. The van der Waals surface area contributed by atoms with E-state index in [-0.39, 0.29) is 5.91 Å². The number of carbonyl (C=O) groups excluding carboxylic acids is 1. The van der Waals surface area contributed by atoms with Gasteiger partial charge in [0.2, 0.25) is 5.91 Å². The summed E-state index contributed by atoms with van der Waals surface area (Å²) < 4.78 is 5.37. The molecule has 18 heavy (non-hydrogen) atoms. The zero-order valence-corrected chi connectivity index (χ0v) is 11.7. The summed E-state index contributed by atoms with van der Waals surface area (Å²) in [6.07, 6.45) is 1.29. The van der Waals surface area contributed by atoms with Gasteiger partial charge in [-0.2, -0.15) is 0 Å². The van der Waals surface area contributed by atoms with E-state index in [0.717, 1.165) is 39.3 Å². The molecule has 1 atom stereocenters. The number of nitrogens with one attached hydrogen (secondary N) is 1. The summed E-state index contributed by atoms with van der Waals surface area (Å²) in [6, 6.07) is 0.399. The maximum absolute atomic E-state index is 11.6. The Morgan fingerprint density at radius 3 is 2.61 bits per heavy atom. The van der Waals surface area contributed by atoms with Crippen LogP contribution in [0.1, 0.15) is 26.7 Å². The van der Waals surface area contributed by atoms with Gasteiger partial charge in [-0.3, -0.25) is 9.69 Å². The summed E-state index contributed by atoms with van der Waals surface area (Å²) in [5.41, 5.74) is 5.40. The molecule has 1 amide bonds. The quantitative estimate of drug-likeness (QED) is 0.683. The molecule has 1 aliphatic heterocycles. The molecule has 1 rings (SSSR count). The van der Waals surface area contributed by atoms with Crippen LogP contribution in [0.5, 0.6) is 0 Å². The zero-order chi connectivity index (χ0) is 13.4. The number of carbonyl (C=O) groups is 1. The first-order chi connectivity index (χ1) is 8.65. The van der Waals surface area contributed by atoms with Crippen LogP contribution in [0.2, 0.25) is 0 Å². The van der Waals surface area contributed by atoms with Gasteiger partial charge in [-0.15, -0.1) is 0 Å². The predicted octanol–water partition coefficient (Wildman–Crippen LogP) is 0.198. The number of rotatable bonds is 7. The smallest absolute Gasteiger partial charge is 0.220 e. The lowest BCUT2D eigenvalue weighted by Gasteiger charge is -2.36. The van der Waals surface area contributed by atoms with Gasteiger partial charge in [0.15, 0.2) is 0 Å². The SMILES string of the molecule is CC(C)C(CNC(=O)CCCN)N1CCOCC1. The zero-order valence-electron chi connectivity index (χ0n) is 11.7. The minimum atomic E-state index is 0.111. The normalized spacial score (nSPS) is 18.9. The first-order valence-corrected chi connectivity index (χ1v) is 6.93. The van der Waals surface area contributed by atoms with Crippen molar-refractivity contribution in [2.75, 3.05) is 39.4 Å². The molecule has 106 valence electrons. The maximum atomic E-state index is 11.6. The largest absolute Gasteiger partial charge is 0.379 e. The molecule has 0 aromatic rings. The van der Waals surface area contributed by atoms with Crippen molar-refractivity contribution in [1.82, 2.24) is 10.2 Å². The lowest BCUT2D eigenvalue weighted by molar-refractivity contribution is -0.121. The fourth-order valence-electron chi connectivity index (χ4n) is 2.26. The molecule has 0 saturated carbocycles. The highest BCUT2D eigenvalue weighted by Gasteiger charge is 2.23. The Kier molecular flexibility index (Phi) is 7.23. The minimum Gasteiger partial charge on any atom is -0.379 e. The van der Waals surface area contributed by atoms with E-state index in [1.54, 1.807) is 0 Å². The molecule has 0 aromatic heterocycles. The van der Waals surface area contributed by atoms with Crippen LogP contribution in [0.15, 0.2) is 0 Å². The van der Waals surface area contributed by atoms with Crippen LogP contribution in [-0.4, -0.2) is 56.2 Å². The molecule has 0 bridgehead atoms. The van der Waals surface area contributed by atoms with Crippen molar-refractivity contribution < 1.29 is 9.53 Å². The van der Waals surface area contributed by atoms with Crippen LogP contribution >= 0.6 is 0 Å². The summed E-state index contributed by atoms with van der Waals surface area (Å²) >= 11 is 0. The van der Waals surface area contributed by atoms with Crippen molar-refractivity contribution in [1.29, 1.82) is 0 Å². The maximum Gasteiger partial charge on any atom is 0.220 e. The standard InChI is InChI=1S/C13H27N3O2/c1-11(2)12(16-6-8-18-9-7-16)10-15-13(17)4-3-5-14/h11-12H,3-10,14H2,1-2H3,(H,15,17). The summed E-state index contributed by atoms with van der Waals surface area (Å²) in [6.45, 7) is 9.21. The lowest BCUT2D eigenvalue weighted by Crippen LogP contribution is -2.51. The number of amides is 1. The van der Waals surface area contributed by atoms with Gasteiger partial charge < -0.3 is 15.8 Å². The number of nitrogens with zero attached hydrogens (tertiary/aromatic N) is 1. The van der Waals surface area contributed by atoms with Gasteiger partial charge in [-0.1, -0.05) is 13.8 Å². The van der Waals surface area contributed by atoms with Crippen molar-refractivity contribution in [3.63, 3.8) is 0 Å². The molecule has 0 aliphatic carbocycles. The highest BCUT2D eigenvalue weighted by molar-refractivity contribution is 5.75. The lowest BCUT2D eigenvalue weighted by atomic mass is 10.0. The highest BCUT2D eigenvalue weighted by atomic mass is 16.5. The Morgan fingerprint density at radius 1 is 1.39 bits per heavy atom. The molecule has 0 spiro atoms. The van der Waals surface area contributed by atoms with E-state index in [2.05, 4.69) is 24.1 Å². The van der Waals surface area contributed by atoms with Crippen molar-refractivity contribution in [3.05, 3.63) is 0 Å². The minimum absolute atomic E-state index is 0.111. The van der Waals surface area contributed by atoms with Crippen LogP contribution in [0.25, 0.3) is 0 Å². The monoisotopic (exact) mass is 257 g/mol. The molecule has 5 heteroatoms. The summed E-state index contributed by atoms with van der Waals surface area (Å²) in [5, 5.41) is 3.02. The number of morpholine rings is 1. The van der Waals surface area contributed by atoms with Crippen LogP contribution in [-0.2, 0) is 9.53 Å². The second-order valence-electron chi connectivity index (χ2n) is 5.16. The van der Waals surface area contributed by atoms with Gasteiger partial charge in [0, 0.05) is 32.1 Å². The van der Waals surface area contributed by atoms with E-state index in [1.807, 2.05) is 0 Å². The third-order valence-electron chi connectivity index (χ3n) is 3.40. The Hall–Kier alpha value is -0.650. The number of hydrogen-bond donors (Lipinski definition) is 2. The van der Waals surface area contributed by atoms with Gasteiger partial charge in [0.05, 0.1) is 13.2 Å². The van der Waals surface area contributed by atoms with E-state index in [4.69, 9.17) is 10.5 Å². The number of ether oxygens (including phenoxy) is 1. The first-order valence-electron chi connectivity index (χ1n) is 6.93. The van der Waals surface area contributed by atoms with E-state index >= 15 is 0 Å². The molecule has 1 saturated heterocycles. The van der Waals surface area contributed by atoms with Gasteiger partial charge in [0.25, 0.3) is 0 Å². The Bertz CT molecular complexity index is 240. The number of hydrogen-bond acceptors (Lipinski definition) is 4. The Labute approximate surface area is 110 Å². The summed E-state index contributed by atoms with van der Waals surface area (Å²) in [5.74, 6) is 0.636. The molecular formula is C13H27N3O2. The Morgan fingerprint density at radius 2 is 2.06 bits per heavy atom. The average molecular weight is 257 g/mol. The van der Waals surface area contributed by atoms with Crippen molar-refractivity contribution in [2.24, 2.45) is 11.7 Å². The molecule has 0 radical (unpaired) electrons. The Balaban J connectivity index is 2.35. The van der Waals surface area contributed by atoms with Gasteiger partial charge in [0.1, 0.15) is 0 Å². The highest BCUT2D eigenvalue weighted by Crippen LogP contribution is 2.12. The predicted molar refractivity (Wildman–Crippen MR) is 72.3 cm³/mol. The molecule has 1 fully saturated rings. The van der Waals surface area contributed by atoms with E-state index in [1.165, 1.54) is 0 Å². The topological polar surface area (TPSA) is 67.6 Å². The fourth-order valence-corrected chi connectivity index (χ4v) is 2.26. The van der Waals surface area contributed by atoms with E-state index in [9.17, 15) is 4.79 Å². The molecule has 3 N–H and O–H groups in total. The van der Waals surface area contributed by atoms with Crippen molar-refractivity contribution in [2.45, 2.75) is 32.7 Å². The fraction of sp³-hybridized carbons (Fsp3) is 0.923. The third-order valence-corrected chi connectivity index (χ3v) is 3.40. The summed E-state index contributed by atoms with van der Waals surface area (Å²) in [4.78, 5) is 14.0. The van der Waals surface area contributed by atoms with Crippen LogP contribution < -0.4 is 11.1 Å². The average Bonchev–Trinajstić information content (AvgIpc) is 2.37. The molecule has 1 aliphatic rings.